The number of carbonyl (C=O) groups is 1. The van der Waals surface area contributed by atoms with Gasteiger partial charge in [-0.2, -0.15) is 0 Å². The van der Waals surface area contributed by atoms with Crippen LogP contribution in [0, 0.1) is 0 Å². The summed E-state index contributed by atoms with van der Waals surface area (Å²) < 4.78 is 0. The minimum absolute atomic E-state index is 0.336. The summed E-state index contributed by atoms with van der Waals surface area (Å²) in [6, 6.07) is 1.71. The molecule has 4 nitrogen and oxygen atoms in total. The van der Waals surface area contributed by atoms with E-state index in [1.807, 2.05) is 4.90 Å². The number of carbonyl (C=O) groups excluding carboxylic acids is 1. The van der Waals surface area contributed by atoms with E-state index in [0.717, 1.165) is 25.9 Å². The number of piperidine rings is 1. The highest BCUT2D eigenvalue weighted by Gasteiger charge is 2.25. The Kier molecular flexibility index (Phi) is 5.22. The Labute approximate surface area is 117 Å². The van der Waals surface area contributed by atoms with Gasteiger partial charge >= 0.3 is 0 Å². The lowest BCUT2D eigenvalue weighted by molar-refractivity contribution is -0.128. The SMILES string of the molecule is CC(CN1CCCC1=O)NC1CCN(C(C)C)CC1. The lowest BCUT2D eigenvalue weighted by Crippen LogP contribution is -2.49. The van der Waals surface area contributed by atoms with E-state index in [2.05, 4.69) is 31.0 Å². The third kappa shape index (κ3) is 4.18. The topological polar surface area (TPSA) is 35.6 Å². The van der Waals surface area contributed by atoms with Crippen molar-refractivity contribution in [1.29, 1.82) is 0 Å². The molecule has 2 saturated heterocycles. The molecule has 4 heteroatoms. The molecule has 0 spiro atoms. The van der Waals surface area contributed by atoms with Gasteiger partial charge in [0, 0.05) is 37.6 Å². The molecule has 2 aliphatic rings. The highest BCUT2D eigenvalue weighted by Crippen LogP contribution is 2.14. The average Bonchev–Trinajstić information content (AvgIpc) is 2.75. The monoisotopic (exact) mass is 267 g/mol. The van der Waals surface area contributed by atoms with E-state index < -0.39 is 0 Å². The quantitative estimate of drug-likeness (QED) is 0.819. The zero-order valence-electron chi connectivity index (χ0n) is 12.7. The average molecular weight is 267 g/mol. The van der Waals surface area contributed by atoms with Crippen molar-refractivity contribution in [3.63, 3.8) is 0 Å². The van der Waals surface area contributed by atoms with Crippen molar-refractivity contribution in [3.8, 4) is 0 Å². The molecule has 19 heavy (non-hydrogen) atoms. The number of rotatable bonds is 5. The van der Waals surface area contributed by atoms with E-state index in [1.54, 1.807) is 0 Å². The standard InChI is InChI=1S/C15H29N3O/c1-12(2)17-9-6-14(7-10-17)16-13(3)11-18-8-4-5-15(18)19/h12-14,16H,4-11H2,1-3H3. The smallest absolute Gasteiger partial charge is 0.222 e. The number of amides is 1. The van der Waals surface area contributed by atoms with Crippen molar-refractivity contribution in [3.05, 3.63) is 0 Å². The van der Waals surface area contributed by atoms with E-state index in [-0.39, 0.29) is 0 Å². The first-order valence-electron chi connectivity index (χ1n) is 7.84. The van der Waals surface area contributed by atoms with Crippen LogP contribution in [0.15, 0.2) is 0 Å². The van der Waals surface area contributed by atoms with E-state index in [4.69, 9.17) is 0 Å². The summed E-state index contributed by atoms with van der Waals surface area (Å²) in [7, 11) is 0. The Morgan fingerprint density at radius 1 is 1.21 bits per heavy atom. The Morgan fingerprint density at radius 2 is 1.89 bits per heavy atom. The number of hydrogen-bond acceptors (Lipinski definition) is 3. The lowest BCUT2D eigenvalue weighted by atomic mass is 10.0. The van der Waals surface area contributed by atoms with Gasteiger partial charge in [0.15, 0.2) is 0 Å². The molecule has 2 rings (SSSR count). The predicted octanol–water partition coefficient (Wildman–Crippen LogP) is 1.46. The summed E-state index contributed by atoms with van der Waals surface area (Å²) in [6.07, 6.45) is 4.25. The van der Waals surface area contributed by atoms with Crippen molar-refractivity contribution >= 4 is 5.91 Å². The molecule has 0 aliphatic carbocycles. The minimum atomic E-state index is 0.336. The number of hydrogen-bond donors (Lipinski definition) is 1. The molecule has 0 aromatic rings. The minimum Gasteiger partial charge on any atom is -0.341 e. The number of nitrogens with zero attached hydrogens (tertiary/aromatic N) is 2. The van der Waals surface area contributed by atoms with Gasteiger partial charge in [0.25, 0.3) is 0 Å². The fourth-order valence-electron chi connectivity index (χ4n) is 3.27. The van der Waals surface area contributed by atoms with Gasteiger partial charge in [0.2, 0.25) is 5.91 Å². The van der Waals surface area contributed by atoms with Crippen molar-refractivity contribution in [2.75, 3.05) is 26.2 Å². The first-order valence-corrected chi connectivity index (χ1v) is 7.84. The van der Waals surface area contributed by atoms with Crippen LogP contribution in [0.3, 0.4) is 0 Å². The molecule has 0 saturated carbocycles. The van der Waals surface area contributed by atoms with Crippen LogP contribution in [0.2, 0.25) is 0 Å². The fourth-order valence-corrected chi connectivity index (χ4v) is 3.27. The van der Waals surface area contributed by atoms with Gasteiger partial charge in [-0.1, -0.05) is 0 Å². The van der Waals surface area contributed by atoms with Crippen LogP contribution in [-0.2, 0) is 4.79 Å². The Bertz CT molecular complexity index is 298. The summed E-state index contributed by atoms with van der Waals surface area (Å²) in [5.41, 5.74) is 0. The zero-order chi connectivity index (χ0) is 13.8. The van der Waals surface area contributed by atoms with Crippen molar-refractivity contribution in [2.45, 2.75) is 64.6 Å². The van der Waals surface area contributed by atoms with E-state index in [0.29, 0.717) is 24.0 Å². The maximum Gasteiger partial charge on any atom is 0.222 e. The molecule has 1 unspecified atom stereocenters. The van der Waals surface area contributed by atoms with E-state index >= 15 is 0 Å². The second kappa shape index (κ2) is 6.71. The molecular weight excluding hydrogens is 238 g/mol. The van der Waals surface area contributed by atoms with Crippen molar-refractivity contribution in [2.24, 2.45) is 0 Å². The third-order valence-corrected chi connectivity index (χ3v) is 4.45. The normalized spacial score (nSPS) is 24.4. The first kappa shape index (κ1) is 14.8. The Morgan fingerprint density at radius 3 is 2.42 bits per heavy atom. The van der Waals surface area contributed by atoms with Crippen LogP contribution in [0.25, 0.3) is 0 Å². The molecule has 2 aliphatic heterocycles. The molecule has 1 atom stereocenters. The molecule has 2 heterocycles. The molecule has 1 amide bonds. The van der Waals surface area contributed by atoms with Crippen LogP contribution in [0.4, 0.5) is 0 Å². The van der Waals surface area contributed by atoms with Gasteiger partial charge < -0.3 is 15.1 Å². The van der Waals surface area contributed by atoms with Gasteiger partial charge in [-0.15, -0.1) is 0 Å². The van der Waals surface area contributed by atoms with E-state index in [9.17, 15) is 4.79 Å². The summed E-state index contributed by atoms with van der Waals surface area (Å²) >= 11 is 0. The van der Waals surface area contributed by atoms with Gasteiger partial charge in [-0.25, -0.2) is 0 Å². The second-order valence-electron chi connectivity index (χ2n) is 6.42. The summed E-state index contributed by atoms with van der Waals surface area (Å²) in [6.45, 7) is 11.0. The van der Waals surface area contributed by atoms with E-state index in [1.165, 1.54) is 25.9 Å². The molecule has 0 aromatic carbocycles. The fraction of sp³-hybridized carbons (Fsp3) is 0.933. The van der Waals surface area contributed by atoms with Crippen molar-refractivity contribution in [1.82, 2.24) is 15.1 Å². The van der Waals surface area contributed by atoms with Crippen LogP contribution in [0.5, 0.6) is 0 Å². The first-order chi connectivity index (χ1) is 9.06. The summed E-state index contributed by atoms with van der Waals surface area (Å²) in [5, 5.41) is 3.71. The molecule has 1 N–H and O–H groups in total. The van der Waals surface area contributed by atoms with Gasteiger partial charge in [0.1, 0.15) is 0 Å². The molecule has 0 radical (unpaired) electrons. The van der Waals surface area contributed by atoms with Crippen LogP contribution >= 0.6 is 0 Å². The maximum atomic E-state index is 11.6. The Hall–Kier alpha value is -0.610. The highest BCUT2D eigenvalue weighted by molar-refractivity contribution is 5.78. The van der Waals surface area contributed by atoms with Crippen LogP contribution in [-0.4, -0.2) is 60.0 Å². The third-order valence-electron chi connectivity index (χ3n) is 4.45. The molecule has 0 bridgehead atoms. The van der Waals surface area contributed by atoms with Gasteiger partial charge in [-0.3, -0.25) is 4.79 Å². The zero-order valence-corrected chi connectivity index (χ0v) is 12.7. The van der Waals surface area contributed by atoms with Gasteiger partial charge in [0.05, 0.1) is 0 Å². The Balaban J connectivity index is 1.68. The molecule has 2 fully saturated rings. The maximum absolute atomic E-state index is 11.6. The predicted molar refractivity (Wildman–Crippen MR) is 78.1 cm³/mol. The summed E-state index contributed by atoms with van der Waals surface area (Å²) in [5.74, 6) is 0.336. The largest absolute Gasteiger partial charge is 0.341 e. The lowest BCUT2D eigenvalue weighted by Gasteiger charge is -2.36. The molecular formula is C15H29N3O. The van der Waals surface area contributed by atoms with Crippen molar-refractivity contribution < 1.29 is 4.79 Å². The van der Waals surface area contributed by atoms with Crippen LogP contribution in [0.1, 0.15) is 46.5 Å². The summed E-state index contributed by atoms with van der Waals surface area (Å²) in [4.78, 5) is 16.2. The number of nitrogens with one attached hydrogen (secondary N) is 1. The second-order valence-corrected chi connectivity index (χ2v) is 6.42. The number of likely N-dealkylation sites (tertiary alicyclic amines) is 2. The van der Waals surface area contributed by atoms with Gasteiger partial charge in [-0.05, 0) is 53.1 Å². The highest BCUT2D eigenvalue weighted by atomic mass is 16.2. The molecule has 110 valence electrons. The van der Waals surface area contributed by atoms with Crippen LogP contribution < -0.4 is 5.32 Å². The molecule has 0 aromatic heterocycles.